The van der Waals surface area contributed by atoms with Crippen LogP contribution in [0.5, 0.6) is 0 Å². The summed E-state index contributed by atoms with van der Waals surface area (Å²) in [6.07, 6.45) is 4.46. The van der Waals surface area contributed by atoms with Crippen LogP contribution in [0, 0.1) is 5.82 Å². The molecule has 2 heterocycles. The van der Waals surface area contributed by atoms with Crippen molar-refractivity contribution in [3.05, 3.63) is 47.3 Å². The number of nitrogens with zero attached hydrogens (tertiary/aromatic N) is 3. The summed E-state index contributed by atoms with van der Waals surface area (Å²) in [5, 5.41) is 2.58. The molecule has 6 nitrogen and oxygen atoms in total. The lowest BCUT2D eigenvalue weighted by Crippen LogP contribution is -2.31. The first-order valence-electron chi connectivity index (χ1n) is 9.43. The molecule has 0 saturated carbocycles. The van der Waals surface area contributed by atoms with Gasteiger partial charge in [-0.2, -0.15) is 0 Å². The van der Waals surface area contributed by atoms with Gasteiger partial charge in [0.2, 0.25) is 0 Å². The molecule has 0 atom stereocenters. The minimum Gasteiger partial charge on any atom is -0.339 e. The summed E-state index contributed by atoms with van der Waals surface area (Å²) in [4.78, 5) is 31.6. The molecule has 0 unspecified atom stereocenters. The standard InChI is InChI=1S/C20H25FN4O2/c1-3-4-12-24(2)20(27)18-23-17(16-11-7-8-13-25(16)18)19(26)22-15-10-6-5-9-14(15)21/h5-6,9-10H,3-4,7-8,11-13H2,1-2H3,(H,22,26). The van der Waals surface area contributed by atoms with Crippen LogP contribution in [-0.2, 0) is 13.0 Å². The number of aromatic nitrogens is 2. The number of rotatable bonds is 6. The molecule has 1 aliphatic rings. The Bertz CT molecular complexity index is 847. The van der Waals surface area contributed by atoms with Crippen LogP contribution >= 0.6 is 0 Å². The summed E-state index contributed by atoms with van der Waals surface area (Å²) in [5.74, 6) is -0.880. The normalized spacial score (nSPS) is 13.1. The van der Waals surface area contributed by atoms with Gasteiger partial charge in [0.25, 0.3) is 11.8 Å². The number of imidazole rings is 1. The lowest BCUT2D eigenvalue weighted by molar-refractivity contribution is 0.0775. The van der Waals surface area contributed by atoms with Crippen molar-refractivity contribution in [3.63, 3.8) is 0 Å². The molecule has 0 spiro atoms. The summed E-state index contributed by atoms with van der Waals surface area (Å²) >= 11 is 0. The van der Waals surface area contributed by atoms with Crippen molar-refractivity contribution in [2.24, 2.45) is 0 Å². The number of halogens is 1. The molecule has 2 aromatic rings. The minimum atomic E-state index is -0.505. The predicted octanol–water partition coefficient (Wildman–Crippen LogP) is 3.48. The summed E-state index contributed by atoms with van der Waals surface area (Å²) in [7, 11) is 1.75. The fourth-order valence-electron chi connectivity index (χ4n) is 3.30. The molecular weight excluding hydrogens is 347 g/mol. The number of anilines is 1. The summed E-state index contributed by atoms with van der Waals surface area (Å²) in [6, 6.07) is 6.00. The number of benzene rings is 1. The van der Waals surface area contributed by atoms with E-state index in [0.29, 0.717) is 25.3 Å². The molecule has 7 heteroatoms. The average Bonchev–Trinajstić information content (AvgIpc) is 3.07. The van der Waals surface area contributed by atoms with E-state index >= 15 is 0 Å². The Kier molecular flexibility index (Phi) is 5.88. The van der Waals surface area contributed by atoms with E-state index in [9.17, 15) is 14.0 Å². The highest BCUT2D eigenvalue weighted by Crippen LogP contribution is 2.23. The van der Waals surface area contributed by atoms with Gasteiger partial charge in [-0.15, -0.1) is 0 Å². The maximum atomic E-state index is 13.9. The Balaban J connectivity index is 1.90. The molecule has 0 fully saturated rings. The van der Waals surface area contributed by atoms with Gasteiger partial charge in [-0.05, 0) is 37.8 Å². The topological polar surface area (TPSA) is 67.2 Å². The fourth-order valence-corrected chi connectivity index (χ4v) is 3.30. The molecule has 1 N–H and O–H groups in total. The van der Waals surface area contributed by atoms with E-state index in [2.05, 4.69) is 17.2 Å². The van der Waals surface area contributed by atoms with E-state index in [1.807, 2.05) is 4.57 Å². The van der Waals surface area contributed by atoms with Crippen LogP contribution in [0.2, 0.25) is 0 Å². The highest BCUT2D eigenvalue weighted by atomic mass is 19.1. The number of amides is 2. The van der Waals surface area contributed by atoms with Crippen LogP contribution in [0.3, 0.4) is 0 Å². The maximum absolute atomic E-state index is 13.9. The number of nitrogens with one attached hydrogen (secondary N) is 1. The SMILES string of the molecule is CCCCN(C)C(=O)c1nc(C(=O)Nc2ccccc2F)c2n1CCCC2. The van der Waals surface area contributed by atoms with Gasteiger partial charge in [0.05, 0.1) is 11.4 Å². The molecular formula is C20H25FN4O2. The first-order chi connectivity index (χ1) is 13.0. The number of para-hydroxylation sites is 1. The van der Waals surface area contributed by atoms with E-state index in [1.165, 1.54) is 12.1 Å². The van der Waals surface area contributed by atoms with Crippen LogP contribution in [0.1, 0.15) is 59.4 Å². The van der Waals surface area contributed by atoms with E-state index in [1.54, 1.807) is 24.1 Å². The highest BCUT2D eigenvalue weighted by Gasteiger charge is 2.29. The van der Waals surface area contributed by atoms with Gasteiger partial charge in [-0.3, -0.25) is 9.59 Å². The monoisotopic (exact) mass is 372 g/mol. The quantitative estimate of drug-likeness (QED) is 0.844. The van der Waals surface area contributed by atoms with Gasteiger partial charge in [-0.25, -0.2) is 9.37 Å². The van der Waals surface area contributed by atoms with Gasteiger partial charge < -0.3 is 14.8 Å². The third-order valence-corrected chi connectivity index (χ3v) is 4.84. The second-order valence-electron chi connectivity index (χ2n) is 6.85. The number of hydrogen-bond donors (Lipinski definition) is 1. The Morgan fingerprint density at radius 2 is 2.07 bits per heavy atom. The first kappa shape index (κ1) is 19.1. The summed E-state index contributed by atoms with van der Waals surface area (Å²) in [6.45, 7) is 3.38. The highest BCUT2D eigenvalue weighted by molar-refractivity contribution is 6.05. The van der Waals surface area contributed by atoms with E-state index in [4.69, 9.17) is 0 Å². The van der Waals surface area contributed by atoms with Crippen LogP contribution in [0.4, 0.5) is 10.1 Å². The van der Waals surface area contributed by atoms with Gasteiger partial charge in [0, 0.05) is 20.1 Å². The predicted molar refractivity (Wildman–Crippen MR) is 101 cm³/mol. The lowest BCUT2D eigenvalue weighted by atomic mass is 10.1. The molecule has 0 saturated heterocycles. The van der Waals surface area contributed by atoms with Crippen LogP contribution in [-0.4, -0.2) is 39.9 Å². The molecule has 144 valence electrons. The van der Waals surface area contributed by atoms with Crippen molar-refractivity contribution in [3.8, 4) is 0 Å². The third kappa shape index (κ3) is 4.02. The number of unbranched alkanes of at least 4 members (excludes halogenated alkanes) is 1. The number of fused-ring (bicyclic) bond motifs is 1. The second-order valence-corrected chi connectivity index (χ2v) is 6.85. The second kappa shape index (κ2) is 8.33. The molecule has 2 amide bonds. The molecule has 1 aromatic heterocycles. The Labute approximate surface area is 158 Å². The summed E-state index contributed by atoms with van der Waals surface area (Å²) < 4.78 is 15.7. The van der Waals surface area contributed by atoms with Crippen LogP contribution in [0.15, 0.2) is 24.3 Å². The average molecular weight is 372 g/mol. The zero-order valence-corrected chi connectivity index (χ0v) is 15.8. The maximum Gasteiger partial charge on any atom is 0.289 e. The largest absolute Gasteiger partial charge is 0.339 e. The first-order valence-corrected chi connectivity index (χ1v) is 9.43. The van der Waals surface area contributed by atoms with Gasteiger partial charge >= 0.3 is 0 Å². The molecule has 3 rings (SSSR count). The molecule has 0 aliphatic carbocycles. The number of carbonyl (C=O) groups excluding carboxylic acids is 2. The molecule has 27 heavy (non-hydrogen) atoms. The van der Waals surface area contributed by atoms with E-state index in [-0.39, 0.29) is 17.3 Å². The van der Waals surface area contributed by atoms with Crippen molar-refractivity contribution in [1.29, 1.82) is 0 Å². The van der Waals surface area contributed by atoms with Crippen molar-refractivity contribution < 1.29 is 14.0 Å². The Hall–Kier alpha value is -2.70. The molecule has 1 aliphatic heterocycles. The third-order valence-electron chi connectivity index (χ3n) is 4.84. The minimum absolute atomic E-state index is 0.105. The van der Waals surface area contributed by atoms with E-state index in [0.717, 1.165) is 31.4 Å². The zero-order valence-electron chi connectivity index (χ0n) is 15.8. The van der Waals surface area contributed by atoms with Gasteiger partial charge in [0.1, 0.15) is 5.82 Å². The summed E-state index contributed by atoms with van der Waals surface area (Å²) in [5.41, 5.74) is 1.07. The lowest BCUT2D eigenvalue weighted by Gasteiger charge is -2.20. The van der Waals surface area contributed by atoms with Crippen molar-refractivity contribution in [1.82, 2.24) is 14.5 Å². The van der Waals surface area contributed by atoms with Gasteiger partial charge in [0.15, 0.2) is 11.5 Å². The molecule has 0 radical (unpaired) electrons. The van der Waals surface area contributed by atoms with Crippen molar-refractivity contribution >= 4 is 17.5 Å². The zero-order chi connectivity index (χ0) is 19.4. The van der Waals surface area contributed by atoms with Crippen LogP contribution in [0.25, 0.3) is 0 Å². The fraction of sp³-hybridized carbons (Fsp3) is 0.450. The smallest absolute Gasteiger partial charge is 0.289 e. The molecule has 0 bridgehead atoms. The van der Waals surface area contributed by atoms with Crippen molar-refractivity contribution in [2.45, 2.75) is 45.6 Å². The number of hydrogen-bond acceptors (Lipinski definition) is 3. The number of carbonyl (C=O) groups is 2. The Morgan fingerprint density at radius 1 is 1.30 bits per heavy atom. The van der Waals surface area contributed by atoms with Crippen LogP contribution < -0.4 is 5.32 Å². The van der Waals surface area contributed by atoms with Gasteiger partial charge in [-0.1, -0.05) is 25.5 Å². The van der Waals surface area contributed by atoms with E-state index < -0.39 is 11.7 Å². The Morgan fingerprint density at radius 3 is 2.81 bits per heavy atom. The molecule has 1 aromatic carbocycles. The van der Waals surface area contributed by atoms with Crippen molar-refractivity contribution in [2.75, 3.05) is 18.9 Å².